The van der Waals surface area contributed by atoms with E-state index in [0.29, 0.717) is 5.92 Å². The molecule has 1 aliphatic rings. The Bertz CT molecular complexity index is 455. The molecule has 0 unspecified atom stereocenters. The van der Waals surface area contributed by atoms with E-state index in [1.54, 1.807) is 0 Å². The molecule has 0 atom stereocenters. The Morgan fingerprint density at radius 1 is 1.42 bits per heavy atom. The van der Waals surface area contributed by atoms with Gasteiger partial charge in [-0.2, -0.15) is 0 Å². The van der Waals surface area contributed by atoms with E-state index in [9.17, 15) is 4.79 Å². The van der Waals surface area contributed by atoms with Crippen LogP contribution in [0, 0.1) is 12.8 Å². The maximum absolute atomic E-state index is 12.5. The lowest BCUT2D eigenvalue weighted by Gasteiger charge is -2.27. The number of hydrogen-bond donors (Lipinski definition) is 0. The van der Waals surface area contributed by atoms with Gasteiger partial charge in [0.2, 0.25) is 0 Å². The molecule has 3 nitrogen and oxygen atoms in total. The van der Waals surface area contributed by atoms with Gasteiger partial charge < -0.3 is 9.64 Å². The Kier molecular flexibility index (Phi) is 4.99. The van der Waals surface area contributed by atoms with E-state index >= 15 is 0 Å². The first-order valence-corrected chi connectivity index (χ1v) is 7.46. The van der Waals surface area contributed by atoms with Gasteiger partial charge in [-0.15, -0.1) is 0 Å². The third-order valence-corrected chi connectivity index (χ3v) is 4.26. The zero-order chi connectivity index (χ0) is 13.8. The number of rotatable bonds is 3. The van der Waals surface area contributed by atoms with E-state index in [-0.39, 0.29) is 5.91 Å². The number of carbonyl (C=O) groups excluding carboxylic acids is 1. The van der Waals surface area contributed by atoms with Crippen LogP contribution in [0.25, 0.3) is 0 Å². The lowest BCUT2D eigenvalue weighted by Crippen LogP contribution is -2.34. The van der Waals surface area contributed by atoms with Gasteiger partial charge in [0.15, 0.2) is 0 Å². The largest absolute Gasteiger partial charge is 0.381 e. The summed E-state index contributed by atoms with van der Waals surface area (Å²) >= 11 is 3.46. The van der Waals surface area contributed by atoms with Crippen LogP contribution in [0.5, 0.6) is 0 Å². The van der Waals surface area contributed by atoms with E-state index in [2.05, 4.69) is 15.9 Å². The molecule has 0 radical (unpaired) electrons. The number of hydrogen-bond acceptors (Lipinski definition) is 2. The number of ether oxygens (including phenoxy) is 1. The van der Waals surface area contributed by atoms with Crippen molar-refractivity contribution in [3.8, 4) is 0 Å². The van der Waals surface area contributed by atoms with Crippen molar-refractivity contribution in [1.82, 2.24) is 4.90 Å². The van der Waals surface area contributed by atoms with E-state index in [1.165, 1.54) is 0 Å². The zero-order valence-electron chi connectivity index (χ0n) is 11.5. The summed E-state index contributed by atoms with van der Waals surface area (Å²) in [4.78, 5) is 14.3. The zero-order valence-corrected chi connectivity index (χ0v) is 13.1. The van der Waals surface area contributed by atoms with Gasteiger partial charge in [-0.1, -0.05) is 11.6 Å². The number of amides is 1. The van der Waals surface area contributed by atoms with Crippen LogP contribution in [0.4, 0.5) is 0 Å². The third-order valence-electron chi connectivity index (χ3n) is 3.57. The summed E-state index contributed by atoms with van der Waals surface area (Å²) in [6.07, 6.45) is 2.10. The van der Waals surface area contributed by atoms with Crippen LogP contribution in [-0.2, 0) is 4.74 Å². The fourth-order valence-corrected chi connectivity index (χ4v) is 2.82. The monoisotopic (exact) mass is 325 g/mol. The summed E-state index contributed by atoms with van der Waals surface area (Å²) in [5.74, 6) is 0.647. The van der Waals surface area contributed by atoms with Gasteiger partial charge in [-0.05, 0) is 53.7 Å². The van der Waals surface area contributed by atoms with Crippen LogP contribution in [0.2, 0.25) is 0 Å². The van der Waals surface area contributed by atoms with E-state index in [4.69, 9.17) is 4.74 Å². The molecule has 19 heavy (non-hydrogen) atoms. The molecular weight excluding hydrogens is 306 g/mol. The molecular formula is C15H20BrNO2. The molecule has 1 fully saturated rings. The molecule has 0 saturated carbocycles. The first-order valence-electron chi connectivity index (χ1n) is 6.67. The molecule has 1 amide bonds. The minimum atomic E-state index is 0.0852. The Hall–Kier alpha value is -0.870. The number of aryl methyl sites for hydroxylation is 1. The highest BCUT2D eigenvalue weighted by atomic mass is 79.9. The molecule has 0 bridgehead atoms. The van der Waals surface area contributed by atoms with Crippen molar-refractivity contribution in [1.29, 1.82) is 0 Å². The molecule has 4 heteroatoms. The predicted molar refractivity (Wildman–Crippen MR) is 79.4 cm³/mol. The topological polar surface area (TPSA) is 29.5 Å². The summed E-state index contributed by atoms with van der Waals surface area (Å²) in [6.45, 7) is 4.45. The van der Waals surface area contributed by atoms with Gasteiger partial charge >= 0.3 is 0 Å². The lowest BCUT2D eigenvalue weighted by atomic mass is 9.99. The Balaban J connectivity index is 2.03. The smallest absolute Gasteiger partial charge is 0.254 e. The minimum Gasteiger partial charge on any atom is -0.381 e. The van der Waals surface area contributed by atoms with Crippen molar-refractivity contribution in [2.45, 2.75) is 19.8 Å². The van der Waals surface area contributed by atoms with Crippen LogP contribution in [-0.4, -0.2) is 37.6 Å². The fraction of sp³-hybridized carbons (Fsp3) is 0.533. The normalized spacial score (nSPS) is 16.4. The Morgan fingerprint density at radius 2 is 2.11 bits per heavy atom. The molecule has 0 aromatic heterocycles. The Morgan fingerprint density at radius 3 is 2.79 bits per heavy atom. The van der Waals surface area contributed by atoms with Crippen LogP contribution < -0.4 is 0 Å². The second-order valence-electron chi connectivity index (χ2n) is 5.22. The van der Waals surface area contributed by atoms with Crippen molar-refractivity contribution in [3.63, 3.8) is 0 Å². The van der Waals surface area contributed by atoms with Crippen molar-refractivity contribution < 1.29 is 9.53 Å². The molecule has 0 spiro atoms. The van der Waals surface area contributed by atoms with Crippen LogP contribution in [0.1, 0.15) is 28.8 Å². The van der Waals surface area contributed by atoms with Crippen LogP contribution in [0.15, 0.2) is 22.7 Å². The third kappa shape index (κ3) is 3.80. The van der Waals surface area contributed by atoms with Crippen LogP contribution in [0.3, 0.4) is 0 Å². The van der Waals surface area contributed by atoms with Gasteiger partial charge in [0, 0.05) is 31.3 Å². The van der Waals surface area contributed by atoms with Crippen molar-refractivity contribution in [2.75, 3.05) is 26.8 Å². The van der Waals surface area contributed by atoms with Crippen molar-refractivity contribution >= 4 is 21.8 Å². The summed E-state index contributed by atoms with van der Waals surface area (Å²) in [6, 6.07) is 5.87. The molecule has 1 aliphatic heterocycles. The van der Waals surface area contributed by atoms with E-state index < -0.39 is 0 Å². The van der Waals surface area contributed by atoms with Crippen molar-refractivity contribution in [3.05, 3.63) is 33.8 Å². The maximum Gasteiger partial charge on any atom is 0.254 e. The van der Waals surface area contributed by atoms with Gasteiger partial charge in [0.05, 0.1) is 5.56 Å². The SMILES string of the molecule is Cc1ccc(Br)c(C(=O)N(C)CC2CCOCC2)c1. The molecule has 2 rings (SSSR count). The first-order chi connectivity index (χ1) is 9.08. The van der Waals surface area contributed by atoms with Gasteiger partial charge in [-0.3, -0.25) is 4.79 Å². The van der Waals surface area contributed by atoms with Gasteiger partial charge in [0.1, 0.15) is 0 Å². The average molecular weight is 326 g/mol. The lowest BCUT2D eigenvalue weighted by molar-refractivity contribution is 0.0497. The molecule has 1 aromatic rings. The Labute approximate surface area is 123 Å². The van der Waals surface area contributed by atoms with Crippen LogP contribution >= 0.6 is 15.9 Å². The van der Waals surface area contributed by atoms with E-state index in [0.717, 1.165) is 48.2 Å². The summed E-state index contributed by atoms with van der Waals surface area (Å²) < 4.78 is 6.21. The summed E-state index contributed by atoms with van der Waals surface area (Å²) in [5, 5.41) is 0. The highest BCUT2D eigenvalue weighted by Crippen LogP contribution is 2.21. The molecule has 1 heterocycles. The predicted octanol–water partition coefficient (Wildman–Crippen LogP) is 3.26. The number of carbonyl (C=O) groups is 1. The molecule has 0 N–H and O–H groups in total. The molecule has 104 valence electrons. The van der Waals surface area contributed by atoms with Gasteiger partial charge in [-0.25, -0.2) is 0 Å². The van der Waals surface area contributed by atoms with Gasteiger partial charge in [0.25, 0.3) is 5.91 Å². The maximum atomic E-state index is 12.5. The number of nitrogens with zero attached hydrogens (tertiary/aromatic N) is 1. The fourth-order valence-electron chi connectivity index (χ4n) is 2.41. The van der Waals surface area contributed by atoms with E-state index in [1.807, 2.05) is 37.1 Å². The highest BCUT2D eigenvalue weighted by Gasteiger charge is 2.20. The quantitative estimate of drug-likeness (QED) is 0.853. The molecule has 1 saturated heterocycles. The number of halogens is 1. The minimum absolute atomic E-state index is 0.0852. The van der Waals surface area contributed by atoms with Crippen molar-refractivity contribution in [2.24, 2.45) is 5.92 Å². The standard InChI is InChI=1S/C15H20BrNO2/c1-11-3-4-14(16)13(9-11)15(18)17(2)10-12-5-7-19-8-6-12/h3-4,9,12H,5-8,10H2,1-2H3. The average Bonchev–Trinajstić information content (AvgIpc) is 2.42. The molecule has 1 aromatic carbocycles. The summed E-state index contributed by atoms with van der Waals surface area (Å²) in [7, 11) is 1.88. The number of benzene rings is 1. The summed E-state index contributed by atoms with van der Waals surface area (Å²) in [5.41, 5.74) is 1.85. The first kappa shape index (κ1) is 14.5. The second-order valence-corrected chi connectivity index (χ2v) is 6.08. The second kappa shape index (κ2) is 6.53. The highest BCUT2D eigenvalue weighted by molar-refractivity contribution is 9.10. The molecule has 0 aliphatic carbocycles.